The van der Waals surface area contributed by atoms with Crippen molar-refractivity contribution in [2.45, 2.75) is 0 Å². The van der Waals surface area contributed by atoms with Gasteiger partial charge in [0.15, 0.2) is 29.0 Å². The molecule has 0 bridgehead atoms. The van der Waals surface area contributed by atoms with Crippen LogP contribution in [0.2, 0.25) is 0 Å². The summed E-state index contributed by atoms with van der Waals surface area (Å²) in [4.78, 5) is 11.8. The van der Waals surface area contributed by atoms with Crippen molar-refractivity contribution < 1.29 is 22.7 Å². The van der Waals surface area contributed by atoms with Crippen molar-refractivity contribution in [2.75, 3.05) is 7.11 Å². The number of ether oxygens (including phenoxy) is 1. The molecular weight excluding hydrogens is 281 g/mol. The van der Waals surface area contributed by atoms with E-state index in [-0.39, 0.29) is 11.3 Å². The van der Waals surface area contributed by atoms with Crippen molar-refractivity contribution in [1.82, 2.24) is 0 Å². The number of benzene rings is 2. The van der Waals surface area contributed by atoms with Gasteiger partial charge in [-0.2, -0.15) is 0 Å². The van der Waals surface area contributed by atoms with E-state index in [2.05, 4.69) is 0 Å². The number of allylic oxidation sites excluding steroid dienone is 1. The SMILES string of the molecule is COc1ccc(/C=C/C(=O)c2ccc(F)c(F)c2)cc1F. The Bertz CT molecular complexity index is 709. The molecule has 0 radical (unpaired) electrons. The molecule has 2 aromatic rings. The average Bonchev–Trinajstić information content (AvgIpc) is 2.47. The molecule has 2 aromatic carbocycles. The summed E-state index contributed by atoms with van der Waals surface area (Å²) in [7, 11) is 1.35. The number of halogens is 3. The van der Waals surface area contributed by atoms with Crippen LogP contribution in [-0.2, 0) is 0 Å². The van der Waals surface area contributed by atoms with Gasteiger partial charge in [0.25, 0.3) is 0 Å². The summed E-state index contributed by atoms with van der Waals surface area (Å²) in [6, 6.07) is 7.07. The maximum absolute atomic E-state index is 13.5. The summed E-state index contributed by atoms with van der Waals surface area (Å²) in [6.07, 6.45) is 2.54. The number of carbonyl (C=O) groups is 1. The van der Waals surface area contributed by atoms with Gasteiger partial charge in [0.1, 0.15) is 0 Å². The molecule has 5 heteroatoms. The normalized spacial score (nSPS) is 10.9. The Morgan fingerprint density at radius 2 is 1.76 bits per heavy atom. The summed E-state index contributed by atoms with van der Waals surface area (Å²) >= 11 is 0. The summed E-state index contributed by atoms with van der Waals surface area (Å²) in [6.45, 7) is 0. The van der Waals surface area contributed by atoms with E-state index in [1.807, 2.05) is 0 Å². The van der Waals surface area contributed by atoms with Crippen LogP contribution >= 0.6 is 0 Å². The van der Waals surface area contributed by atoms with Crippen LogP contribution in [0.3, 0.4) is 0 Å². The third-order valence-corrected chi connectivity index (χ3v) is 2.81. The van der Waals surface area contributed by atoms with Crippen LogP contribution in [0.1, 0.15) is 15.9 Å². The van der Waals surface area contributed by atoms with Gasteiger partial charge in [-0.1, -0.05) is 12.1 Å². The molecule has 0 aliphatic heterocycles. The van der Waals surface area contributed by atoms with Crippen LogP contribution in [0.4, 0.5) is 13.2 Å². The molecule has 0 amide bonds. The standard InChI is InChI=1S/C16H11F3O2/c1-21-16-7-3-10(8-14(16)19)2-6-15(20)11-4-5-12(17)13(18)9-11/h2-9H,1H3/b6-2+. The lowest BCUT2D eigenvalue weighted by atomic mass is 10.1. The lowest BCUT2D eigenvalue weighted by Gasteiger charge is -2.02. The van der Waals surface area contributed by atoms with Crippen molar-refractivity contribution in [3.05, 3.63) is 71.1 Å². The molecule has 108 valence electrons. The zero-order valence-corrected chi connectivity index (χ0v) is 11.1. The van der Waals surface area contributed by atoms with E-state index in [1.54, 1.807) is 6.07 Å². The van der Waals surface area contributed by atoms with E-state index in [0.717, 1.165) is 18.2 Å². The first-order valence-corrected chi connectivity index (χ1v) is 6.02. The predicted molar refractivity (Wildman–Crippen MR) is 72.7 cm³/mol. The number of ketones is 1. The maximum atomic E-state index is 13.5. The first kappa shape index (κ1) is 14.8. The van der Waals surface area contributed by atoms with E-state index in [0.29, 0.717) is 5.56 Å². The van der Waals surface area contributed by atoms with Gasteiger partial charge in [0.2, 0.25) is 0 Å². The van der Waals surface area contributed by atoms with Crippen molar-refractivity contribution >= 4 is 11.9 Å². The molecule has 0 N–H and O–H groups in total. The van der Waals surface area contributed by atoms with Crippen molar-refractivity contribution in [3.63, 3.8) is 0 Å². The molecule has 2 rings (SSSR count). The number of methoxy groups -OCH3 is 1. The molecule has 21 heavy (non-hydrogen) atoms. The first-order valence-electron chi connectivity index (χ1n) is 6.02. The van der Waals surface area contributed by atoms with Gasteiger partial charge in [0.05, 0.1) is 7.11 Å². The van der Waals surface area contributed by atoms with Crippen LogP contribution in [0.5, 0.6) is 5.75 Å². The number of rotatable bonds is 4. The summed E-state index contributed by atoms with van der Waals surface area (Å²) in [5, 5.41) is 0. The summed E-state index contributed by atoms with van der Waals surface area (Å²) < 4.78 is 44.0. The van der Waals surface area contributed by atoms with Crippen LogP contribution < -0.4 is 4.74 Å². The fourth-order valence-corrected chi connectivity index (χ4v) is 1.70. The molecule has 0 aromatic heterocycles. The van der Waals surface area contributed by atoms with E-state index >= 15 is 0 Å². The second-order valence-corrected chi connectivity index (χ2v) is 4.22. The molecule has 0 atom stereocenters. The Morgan fingerprint density at radius 3 is 2.38 bits per heavy atom. The van der Waals surface area contributed by atoms with Crippen LogP contribution in [0.25, 0.3) is 6.08 Å². The summed E-state index contributed by atoms with van der Waals surface area (Å²) in [5.41, 5.74) is 0.461. The Hall–Kier alpha value is -2.56. The monoisotopic (exact) mass is 292 g/mol. The molecular formula is C16H11F3O2. The van der Waals surface area contributed by atoms with Crippen LogP contribution in [0.15, 0.2) is 42.5 Å². The molecule has 0 aliphatic rings. The summed E-state index contributed by atoms with van der Waals surface area (Å²) in [5.74, 6) is -3.08. The van der Waals surface area contributed by atoms with Crippen LogP contribution in [-0.4, -0.2) is 12.9 Å². The van der Waals surface area contributed by atoms with Gasteiger partial charge >= 0.3 is 0 Å². The highest BCUT2D eigenvalue weighted by Gasteiger charge is 2.07. The number of hydrogen-bond acceptors (Lipinski definition) is 2. The maximum Gasteiger partial charge on any atom is 0.185 e. The third-order valence-electron chi connectivity index (χ3n) is 2.81. The Morgan fingerprint density at radius 1 is 1.00 bits per heavy atom. The molecule has 0 saturated heterocycles. The molecule has 0 unspecified atom stereocenters. The minimum Gasteiger partial charge on any atom is -0.494 e. The molecule has 0 spiro atoms. The van der Waals surface area contributed by atoms with E-state index < -0.39 is 23.2 Å². The zero-order valence-electron chi connectivity index (χ0n) is 11.1. The van der Waals surface area contributed by atoms with E-state index in [1.165, 1.54) is 31.4 Å². The van der Waals surface area contributed by atoms with Gasteiger partial charge < -0.3 is 4.74 Å². The van der Waals surface area contributed by atoms with Crippen molar-refractivity contribution in [1.29, 1.82) is 0 Å². The Labute approximate surface area is 119 Å². The number of carbonyl (C=O) groups excluding carboxylic acids is 1. The highest BCUT2D eigenvalue weighted by molar-refractivity contribution is 6.06. The van der Waals surface area contributed by atoms with Gasteiger partial charge in [-0.05, 0) is 42.0 Å². The smallest absolute Gasteiger partial charge is 0.185 e. The lowest BCUT2D eigenvalue weighted by molar-refractivity contribution is 0.104. The van der Waals surface area contributed by atoms with Crippen molar-refractivity contribution in [3.8, 4) is 5.75 Å². The van der Waals surface area contributed by atoms with E-state index in [4.69, 9.17) is 4.74 Å². The second-order valence-electron chi connectivity index (χ2n) is 4.22. The fourth-order valence-electron chi connectivity index (χ4n) is 1.70. The van der Waals surface area contributed by atoms with E-state index in [9.17, 15) is 18.0 Å². The predicted octanol–water partition coefficient (Wildman–Crippen LogP) is 4.01. The topological polar surface area (TPSA) is 26.3 Å². The Kier molecular flexibility index (Phi) is 4.42. The minimum absolute atomic E-state index is 0.0131. The molecule has 0 saturated carbocycles. The zero-order chi connectivity index (χ0) is 15.4. The van der Waals surface area contributed by atoms with Crippen LogP contribution in [0, 0.1) is 17.5 Å². The fraction of sp³-hybridized carbons (Fsp3) is 0.0625. The lowest BCUT2D eigenvalue weighted by Crippen LogP contribution is -1.96. The molecule has 2 nitrogen and oxygen atoms in total. The van der Waals surface area contributed by atoms with Gasteiger partial charge in [-0.3, -0.25) is 4.79 Å². The second kappa shape index (κ2) is 6.26. The highest BCUT2D eigenvalue weighted by Crippen LogP contribution is 2.18. The largest absolute Gasteiger partial charge is 0.494 e. The molecule has 0 aliphatic carbocycles. The minimum atomic E-state index is -1.09. The highest BCUT2D eigenvalue weighted by atomic mass is 19.2. The number of hydrogen-bond donors (Lipinski definition) is 0. The quantitative estimate of drug-likeness (QED) is 0.628. The van der Waals surface area contributed by atoms with Crippen molar-refractivity contribution in [2.24, 2.45) is 0 Å². The van der Waals surface area contributed by atoms with Gasteiger partial charge in [0, 0.05) is 5.56 Å². The van der Waals surface area contributed by atoms with Gasteiger partial charge in [-0.15, -0.1) is 0 Å². The Balaban J connectivity index is 2.18. The molecule has 0 fully saturated rings. The molecule has 0 heterocycles. The average molecular weight is 292 g/mol. The first-order chi connectivity index (χ1) is 10.0. The third kappa shape index (κ3) is 3.51. The van der Waals surface area contributed by atoms with Gasteiger partial charge in [-0.25, -0.2) is 13.2 Å².